The minimum absolute atomic E-state index is 0.168. The number of primary amides is 1. The molecule has 0 fully saturated rings. The zero-order chi connectivity index (χ0) is 14.5. The van der Waals surface area contributed by atoms with Crippen molar-refractivity contribution in [3.63, 3.8) is 0 Å². The Morgan fingerprint density at radius 1 is 1.35 bits per heavy atom. The molecule has 0 saturated carbocycles. The summed E-state index contributed by atoms with van der Waals surface area (Å²) in [5, 5.41) is 2.80. The Hall–Kier alpha value is -1.73. The number of rotatable bonds is 5. The van der Waals surface area contributed by atoms with Crippen LogP contribution in [0.15, 0.2) is 45.9 Å². The topological polar surface area (TPSA) is 88.0 Å². The second-order valence-electron chi connectivity index (χ2n) is 3.94. The fraction of sp³-hybridized carbons (Fsp3) is 0.0769. The maximum Gasteiger partial charge on any atom is 0.272 e. The van der Waals surface area contributed by atoms with Crippen molar-refractivity contribution in [2.24, 2.45) is 5.73 Å². The lowest BCUT2D eigenvalue weighted by Crippen LogP contribution is -2.14. The highest BCUT2D eigenvalue weighted by Gasteiger charge is 2.11. The van der Waals surface area contributed by atoms with E-state index >= 15 is 0 Å². The fourth-order valence-corrected chi connectivity index (χ4v) is 2.62. The Kier molecular flexibility index (Phi) is 4.86. The molecule has 2 aromatic rings. The van der Waals surface area contributed by atoms with Crippen molar-refractivity contribution in [1.29, 1.82) is 0 Å². The number of nitrogens with one attached hydrogen (secondary N) is 2. The number of anilines is 1. The Morgan fingerprint density at radius 3 is 2.75 bits per heavy atom. The van der Waals surface area contributed by atoms with E-state index in [-0.39, 0.29) is 11.7 Å². The molecule has 0 spiro atoms. The molecule has 0 unspecified atom stereocenters. The number of H-pyrrole nitrogens is 1. The molecule has 2 amide bonds. The number of carbonyl (C=O) groups is 2. The summed E-state index contributed by atoms with van der Waals surface area (Å²) < 4.78 is 0.805. The van der Waals surface area contributed by atoms with Crippen LogP contribution in [0.5, 0.6) is 0 Å². The fourth-order valence-electron chi connectivity index (χ4n) is 1.53. The van der Waals surface area contributed by atoms with Gasteiger partial charge in [-0.25, -0.2) is 0 Å². The number of halogens is 1. The molecule has 0 bridgehead atoms. The Balaban J connectivity index is 2.12. The van der Waals surface area contributed by atoms with Crippen molar-refractivity contribution in [3.8, 4) is 0 Å². The van der Waals surface area contributed by atoms with Crippen LogP contribution in [0, 0.1) is 0 Å². The predicted octanol–water partition coefficient (Wildman–Crippen LogP) is 2.61. The van der Waals surface area contributed by atoms with Crippen LogP contribution in [-0.4, -0.2) is 22.6 Å². The highest BCUT2D eigenvalue weighted by atomic mass is 79.9. The molecular formula is C13H12BrN3O2S. The molecule has 4 N–H and O–H groups in total. The van der Waals surface area contributed by atoms with Crippen LogP contribution in [-0.2, 0) is 4.79 Å². The lowest BCUT2D eigenvalue weighted by atomic mass is 10.3. The summed E-state index contributed by atoms with van der Waals surface area (Å²) in [5.74, 6) is -0.478. The van der Waals surface area contributed by atoms with Crippen molar-refractivity contribution < 1.29 is 9.59 Å². The number of aromatic amines is 1. The number of amides is 2. The average molecular weight is 354 g/mol. The lowest BCUT2D eigenvalue weighted by molar-refractivity contribution is -0.115. The van der Waals surface area contributed by atoms with E-state index in [1.165, 1.54) is 11.8 Å². The largest absolute Gasteiger partial charge is 0.369 e. The molecule has 0 radical (unpaired) electrons. The third-order valence-corrected chi connectivity index (χ3v) is 3.95. The van der Waals surface area contributed by atoms with E-state index in [1.807, 2.05) is 18.2 Å². The van der Waals surface area contributed by atoms with Gasteiger partial charge in [0.15, 0.2) is 0 Å². The van der Waals surface area contributed by atoms with Gasteiger partial charge in [-0.15, -0.1) is 11.8 Å². The average Bonchev–Trinajstić information content (AvgIpc) is 2.84. The normalized spacial score (nSPS) is 10.2. The predicted molar refractivity (Wildman–Crippen MR) is 82.8 cm³/mol. The van der Waals surface area contributed by atoms with E-state index in [0.29, 0.717) is 11.4 Å². The molecule has 0 aliphatic carbocycles. The number of benzene rings is 1. The highest BCUT2D eigenvalue weighted by Crippen LogP contribution is 2.27. The van der Waals surface area contributed by atoms with Crippen LogP contribution in [0.3, 0.4) is 0 Å². The number of thioether (sulfide) groups is 1. The van der Waals surface area contributed by atoms with E-state index in [4.69, 9.17) is 5.73 Å². The van der Waals surface area contributed by atoms with Crippen LogP contribution >= 0.6 is 27.7 Å². The van der Waals surface area contributed by atoms with Crippen molar-refractivity contribution in [2.45, 2.75) is 4.90 Å². The Labute approximate surface area is 128 Å². The van der Waals surface area contributed by atoms with Gasteiger partial charge < -0.3 is 16.0 Å². The third kappa shape index (κ3) is 3.88. The smallest absolute Gasteiger partial charge is 0.272 e. The first-order valence-electron chi connectivity index (χ1n) is 5.71. The molecule has 1 aromatic carbocycles. The first-order chi connectivity index (χ1) is 9.56. The van der Waals surface area contributed by atoms with Crippen LogP contribution in [0.1, 0.15) is 10.5 Å². The summed E-state index contributed by atoms with van der Waals surface area (Å²) in [4.78, 5) is 26.5. The molecule has 2 rings (SSSR count). The lowest BCUT2D eigenvalue weighted by Gasteiger charge is -2.09. The van der Waals surface area contributed by atoms with Gasteiger partial charge in [-0.05, 0) is 34.1 Å². The standard InChI is InChI=1S/C13H12BrN3O2S/c14-8-5-10(16-6-8)13(19)17-9-3-1-2-4-11(9)20-7-12(15)18/h1-6,16H,7H2,(H2,15,18)(H,17,19). The number of nitrogens with two attached hydrogens (primary N) is 1. The SMILES string of the molecule is NC(=O)CSc1ccccc1NC(=O)c1cc(Br)c[nH]1. The van der Waals surface area contributed by atoms with Crippen molar-refractivity contribution in [3.05, 3.63) is 46.7 Å². The number of carbonyl (C=O) groups excluding carboxylic acids is 2. The van der Waals surface area contributed by atoms with E-state index in [0.717, 1.165) is 9.37 Å². The summed E-state index contributed by atoms with van der Waals surface area (Å²) in [7, 11) is 0. The maximum atomic E-state index is 12.1. The van der Waals surface area contributed by atoms with Gasteiger partial charge in [-0.3, -0.25) is 9.59 Å². The summed E-state index contributed by atoms with van der Waals surface area (Å²) >= 11 is 4.56. The van der Waals surface area contributed by atoms with Gasteiger partial charge >= 0.3 is 0 Å². The minimum atomic E-state index is -0.399. The zero-order valence-electron chi connectivity index (χ0n) is 10.4. The summed E-state index contributed by atoms with van der Waals surface area (Å²) in [6.45, 7) is 0. The van der Waals surface area contributed by atoms with E-state index in [2.05, 4.69) is 26.2 Å². The summed E-state index contributed by atoms with van der Waals surface area (Å²) in [6, 6.07) is 8.94. The molecule has 0 atom stereocenters. The van der Waals surface area contributed by atoms with Gasteiger partial charge in [-0.2, -0.15) is 0 Å². The van der Waals surface area contributed by atoms with E-state index < -0.39 is 5.91 Å². The highest BCUT2D eigenvalue weighted by molar-refractivity contribution is 9.10. The minimum Gasteiger partial charge on any atom is -0.369 e. The molecule has 0 aliphatic heterocycles. The number of hydrogen-bond donors (Lipinski definition) is 3. The van der Waals surface area contributed by atoms with E-state index in [9.17, 15) is 9.59 Å². The van der Waals surface area contributed by atoms with Crippen LogP contribution < -0.4 is 11.1 Å². The second kappa shape index (κ2) is 6.62. The molecule has 7 heteroatoms. The van der Waals surface area contributed by atoms with Crippen LogP contribution in [0.2, 0.25) is 0 Å². The summed E-state index contributed by atoms with van der Waals surface area (Å²) in [5.41, 5.74) is 6.23. The van der Waals surface area contributed by atoms with Gasteiger partial charge in [0.05, 0.1) is 11.4 Å². The molecule has 0 saturated heterocycles. The molecule has 20 heavy (non-hydrogen) atoms. The quantitative estimate of drug-likeness (QED) is 0.722. The second-order valence-corrected chi connectivity index (χ2v) is 5.87. The van der Waals surface area contributed by atoms with Gasteiger partial charge in [0.2, 0.25) is 5.91 Å². The van der Waals surface area contributed by atoms with Gasteiger partial charge in [0, 0.05) is 15.6 Å². The maximum absolute atomic E-state index is 12.1. The molecule has 1 heterocycles. The first-order valence-corrected chi connectivity index (χ1v) is 7.49. The molecule has 104 valence electrons. The number of para-hydroxylation sites is 1. The van der Waals surface area contributed by atoms with Crippen molar-refractivity contribution in [2.75, 3.05) is 11.1 Å². The van der Waals surface area contributed by atoms with E-state index in [1.54, 1.807) is 18.3 Å². The van der Waals surface area contributed by atoms with Crippen molar-refractivity contribution in [1.82, 2.24) is 4.98 Å². The molecule has 0 aliphatic rings. The van der Waals surface area contributed by atoms with Gasteiger partial charge in [0.25, 0.3) is 5.91 Å². The Bertz CT molecular complexity index is 642. The first kappa shape index (κ1) is 14.7. The van der Waals surface area contributed by atoms with Gasteiger partial charge in [-0.1, -0.05) is 12.1 Å². The number of aromatic nitrogens is 1. The monoisotopic (exact) mass is 353 g/mol. The van der Waals surface area contributed by atoms with Crippen LogP contribution in [0.25, 0.3) is 0 Å². The van der Waals surface area contributed by atoms with Gasteiger partial charge in [0.1, 0.15) is 5.69 Å². The van der Waals surface area contributed by atoms with Crippen LogP contribution in [0.4, 0.5) is 5.69 Å². The Morgan fingerprint density at radius 2 is 2.10 bits per heavy atom. The summed E-state index contributed by atoms with van der Waals surface area (Å²) in [6.07, 6.45) is 1.68. The third-order valence-electron chi connectivity index (χ3n) is 2.40. The van der Waals surface area contributed by atoms with Crippen molar-refractivity contribution >= 4 is 45.2 Å². The zero-order valence-corrected chi connectivity index (χ0v) is 12.8. The molecule has 5 nitrogen and oxygen atoms in total. The molecular weight excluding hydrogens is 342 g/mol. The molecule has 1 aromatic heterocycles. The number of hydrogen-bond acceptors (Lipinski definition) is 3.